The van der Waals surface area contributed by atoms with E-state index in [0.29, 0.717) is 25.2 Å². The number of nitrogens with one attached hydrogen (secondary N) is 3. The summed E-state index contributed by atoms with van der Waals surface area (Å²) in [6.07, 6.45) is 5.15. The number of alkyl carbamates (subject to hydrolysis) is 3. The highest BCUT2D eigenvalue weighted by Crippen LogP contribution is 2.29. The summed E-state index contributed by atoms with van der Waals surface area (Å²) in [7, 11) is 0. The van der Waals surface area contributed by atoms with Crippen LogP contribution < -0.4 is 16.0 Å². The summed E-state index contributed by atoms with van der Waals surface area (Å²) in [4.78, 5) is 60.8. The summed E-state index contributed by atoms with van der Waals surface area (Å²) in [5.41, 5.74) is 4.73. The molecular formula is C48H67N9O8. The van der Waals surface area contributed by atoms with Gasteiger partial charge in [-0.15, -0.1) is 10.1 Å². The predicted molar refractivity (Wildman–Crippen MR) is 253 cm³/mol. The molecule has 1 aliphatic rings. The Morgan fingerprint density at radius 1 is 0.754 bits per heavy atom. The van der Waals surface area contributed by atoms with Crippen molar-refractivity contribution < 1.29 is 38.1 Å². The number of benzene rings is 2. The fourth-order valence-corrected chi connectivity index (χ4v) is 6.38. The van der Waals surface area contributed by atoms with Crippen LogP contribution in [0.3, 0.4) is 0 Å². The van der Waals surface area contributed by atoms with E-state index in [1.165, 1.54) is 0 Å². The van der Waals surface area contributed by atoms with Gasteiger partial charge in [-0.05, 0) is 149 Å². The van der Waals surface area contributed by atoms with E-state index in [0.717, 1.165) is 51.9 Å². The first kappa shape index (κ1) is 51.1. The second kappa shape index (κ2) is 21.4. The lowest BCUT2D eigenvalue weighted by Gasteiger charge is -2.30. The number of hydrogen-bond donors (Lipinski definition) is 3. The van der Waals surface area contributed by atoms with Gasteiger partial charge in [-0.3, -0.25) is 16.0 Å². The zero-order valence-electron chi connectivity index (χ0n) is 40.5. The van der Waals surface area contributed by atoms with E-state index in [2.05, 4.69) is 55.3 Å². The predicted octanol–water partition coefficient (Wildman–Crippen LogP) is 9.74. The van der Waals surface area contributed by atoms with E-state index in [9.17, 15) is 19.2 Å². The van der Waals surface area contributed by atoms with E-state index in [-0.39, 0.29) is 18.5 Å². The summed E-state index contributed by atoms with van der Waals surface area (Å²) in [5.74, 6) is -0.0265. The van der Waals surface area contributed by atoms with Gasteiger partial charge in [0.05, 0.1) is 18.4 Å². The summed E-state index contributed by atoms with van der Waals surface area (Å²) < 4.78 is 23.3. The number of rotatable bonds is 8. The van der Waals surface area contributed by atoms with Crippen LogP contribution >= 0.6 is 0 Å². The molecule has 0 atom stereocenters. The first-order valence-corrected chi connectivity index (χ1v) is 21.8. The molecule has 2 aromatic carbocycles. The minimum Gasteiger partial charge on any atom is -0.444 e. The number of amides is 4. The molecule has 0 saturated heterocycles. The zero-order valence-corrected chi connectivity index (χ0v) is 40.5. The monoisotopic (exact) mass is 898 g/mol. The molecule has 0 spiro atoms. The van der Waals surface area contributed by atoms with Gasteiger partial charge in [0, 0.05) is 18.7 Å². The molecule has 4 rings (SSSR count). The third kappa shape index (κ3) is 17.5. The number of ether oxygens (including phenoxy) is 4. The van der Waals surface area contributed by atoms with Crippen LogP contribution in [0.15, 0.2) is 70.8 Å². The summed E-state index contributed by atoms with van der Waals surface area (Å²) >= 11 is 0. The third-order valence-electron chi connectivity index (χ3n) is 8.92. The van der Waals surface area contributed by atoms with Gasteiger partial charge in [0.1, 0.15) is 28.1 Å². The number of hydrogen-bond acceptors (Lipinski definition) is 11. The van der Waals surface area contributed by atoms with Crippen LogP contribution in [0.2, 0.25) is 0 Å². The Morgan fingerprint density at radius 3 is 1.82 bits per heavy atom. The molecule has 0 saturated carbocycles. The SMILES string of the molecule is CCC/C(=C\CN=C(NC(=O)OC(C)(C)C)NC(=O)OC(C)(C)C)c1ccc(-c2cn(-c3ccc(C4=CCN(/C(=N/C(=O)OC(C)(C)C)NC(=O)OC(C)(C)C)CC4)cc3)nn2)cc1C. The van der Waals surface area contributed by atoms with E-state index >= 15 is 0 Å². The number of carbonyl (C=O) groups excluding carboxylic acids is 4. The van der Waals surface area contributed by atoms with Crippen molar-refractivity contribution >= 4 is 47.4 Å². The lowest BCUT2D eigenvalue weighted by molar-refractivity contribution is 0.0528. The molecule has 1 aliphatic heterocycles. The molecule has 0 aliphatic carbocycles. The number of aromatic nitrogens is 3. The maximum Gasteiger partial charge on any atom is 0.437 e. The number of allylic oxidation sites excluding steroid dienone is 1. The van der Waals surface area contributed by atoms with Crippen molar-refractivity contribution in [2.45, 2.75) is 139 Å². The largest absolute Gasteiger partial charge is 0.444 e. The average Bonchev–Trinajstić information content (AvgIpc) is 3.65. The van der Waals surface area contributed by atoms with Gasteiger partial charge in [0.15, 0.2) is 0 Å². The van der Waals surface area contributed by atoms with Gasteiger partial charge in [0.2, 0.25) is 11.9 Å². The molecule has 352 valence electrons. The van der Waals surface area contributed by atoms with Crippen molar-refractivity contribution in [3.05, 3.63) is 77.5 Å². The smallest absolute Gasteiger partial charge is 0.437 e. The highest BCUT2D eigenvalue weighted by molar-refractivity contribution is 6.01. The molecule has 17 nitrogen and oxygen atoms in total. The minimum absolute atomic E-state index is 0.0599. The Hall–Kier alpha value is -6.52. The number of aryl methyl sites for hydroxylation is 1. The fourth-order valence-electron chi connectivity index (χ4n) is 6.38. The van der Waals surface area contributed by atoms with Gasteiger partial charge >= 0.3 is 24.4 Å². The lowest BCUT2D eigenvalue weighted by Crippen LogP contribution is -2.48. The Bertz CT molecular complexity index is 2270. The van der Waals surface area contributed by atoms with Crippen LogP contribution in [-0.2, 0) is 18.9 Å². The highest BCUT2D eigenvalue weighted by Gasteiger charge is 2.26. The molecule has 0 bridgehead atoms. The number of carbonyl (C=O) groups is 4. The maximum absolute atomic E-state index is 12.7. The minimum atomic E-state index is -0.812. The molecule has 17 heteroatoms. The number of nitrogens with zero attached hydrogens (tertiary/aromatic N) is 6. The first-order chi connectivity index (χ1) is 30.2. The second-order valence-electron chi connectivity index (χ2n) is 19.5. The average molecular weight is 898 g/mol. The van der Waals surface area contributed by atoms with Crippen molar-refractivity contribution in [3.8, 4) is 16.9 Å². The molecule has 4 amide bonds. The Balaban J connectivity index is 1.47. The molecule has 0 fully saturated rings. The number of guanidine groups is 2. The Kier molecular flexibility index (Phi) is 16.9. The van der Waals surface area contributed by atoms with Gasteiger partial charge in [-0.25, -0.2) is 28.9 Å². The second-order valence-corrected chi connectivity index (χ2v) is 19.5. The van der Waals surface area contributed by atoms with E-state index in [1.54, 1.807) is 92.7 Å². The lowest BCUT2D eigenvalue weighted by atomic mass is 9.94. The standard InChI is InChI=1S/C48H67N9O8/c1-15-16-34(23-26-49-39(50-41(58)62-45(3,4)5)51-42(59)63-46(6,7)8)37-22-19-35(29-31(37)2)38-30-57(55-54-38)36-20-17-32(18-21-36)33-24-27-56(28-25-33)40(52-43(60)64-47(9,10)11)53-44(61)65-48(12,13)14/h17-24,29-30H,15-16,25-28H2,1-14H3,(H,52,53,60,61)(H2,49,50,51,58,59)/b34-23+. The van der Waals surface area contributed by atoms with Crippen LogP contribution in [0, 0.1) is 6.92 Å². The fraction of sp³-hybridized carbons (Fsp3) is 0.500. The first-order valence-electron chi connectivity index (χ1n) is 21.8. The van der Waals surface area contributed by atoms with Crippen molar-refractivity contribution in [3.63, 3.8) is 0 Å². The molecule has 3 N–H and O–H groups in total. The summed E-state index contributed by atoms with van der Waals surface area (Å²) in [6, 6.07) is 14.2. The van der Waals surface area contributed by atoms with Crippen LogP contribution in [0.4, 0.5) is 19.2 Å². The molecular weight excluding hydrogens is 831 g/mol. The molecule has 65 heavy (non-hydrogen) atoms. The van der Waals surface area contributed by atoms with Crippen molar-refractivity contribution in [2.75, 3.05) is 19.6 Å². The molecule has 0 radical (unpaired) electrons. The third-order valence-corrected chi connectivity index (χ3v) is 8.92. The van der Waals surface area contributed by atoms with Crippen LogP contribution in [0.1, 0.15) is 126 Å². The van der Waals surface area contributed by atoms with Crippen LogP contribution in [0.25, 0.3) is 28.1 Å². The molecule has 3 aromatic rings. The normalized spacial score (nSPS) is 13.9. The zero-order chi connectivity index (χ0) is 48.3. The molecule has 2 heterocycles. The van der Waals surface area contributed by atoms with Gasteiger partial charge in [0.25, 0.3) is 0 Å². The Morgan fingerprint density at radius 2 is 1.31 bits per heavy atom. The van der Waals surface area contributed by atoms with E-state index in [1.807, 2.05) is 55.6 Å². The van der Waals surface area contributed by atoms with Gasteiger partial charge < -0.3 is 23.8 Å². The molecule has 0 unspecified atom stereocenters. The van der Waals surface area contributed by atoms with Crippen LogP contribution in [0.5, 0.6) is 0 Å². The topological polar surface area (TPSA) is 200 Å². The molecule has 1 aromatic heterocycles. The van der Waals surface area contributed by atoms with Gasteiger partial charge in [-0.2, -0.15) is 0 Å². The Labute approximate surface area is 383 Å². The van der Waals surface area contributed by atoms with Crippen molar-refractivity contribution in [1.82, 2.24) is 35.8 Å². The number of aliphatic imine (C=N–C) groups is 2. The summed E-state index contributed by atoms with van der Waals surface area (Å²) in [5, 5.41) is 16.6. The van der Waals surface area contributed by atoms with Crippen molar-refractivity contribution in [2.24, 2.45) is 9.98 Å². The van der Waals surface area contributed by atoms with Crippen molar-refractivity contribution in [1.29, 1.82) is 0 Å². The summed E-state index contributed by atoms with van der Waals surface area (Å²) in [6.45, 7) is 26.2. The van der Waals surface area contributed by atoms with E-state index < -0.39 is 46.8 Å². The highest BCUT2D eigenvalue weighted by atomic mass is 16.6. The van der Waals surface area contributed by atoms with Crippen LogP contribution in [-0.4, -0.2) is 98.2 Å². The maximum atomic E-state index is 12.7. The van der Waals surface area contributed by atoms with E-state index in [4.69, 9.17) is 18.9 Å². The quantitative estimate of drug-likeness (QED) is 0.110. The van der Waals surface area contributed by atoms with Gasteiger partial charge in [-0.1, -0.05) is 55.0 Å².